The van der Waals surface area contributed by atoms with E-state index in [4.69, 9.17) is 17.3 Å². The average molecular weight is 294 g/mol. The molecule has 0 aliphatic heterocycles. The van der Waals surface area contributed by atoms with Gasteiger partial charge in [0.25, 0.3) is 0 Å². The van der Waals surface area contributed by atoms with Crippen LogP contribution in [0.25, 0.3) is 0 Å². The van der Waals surface area contributed by atoms with Crippen molar-refractivity contribution in [1.29, 1.82) is 0 Å². The summed E-state index contributed by atoms with van der Waals surface area (Å²) < 4.78 is 13.9. The van der Waals surface area contributed by atoms with Gasteiger partial charge in [-0.05, 0) is 24.6 Å². The van der Waals surface area contributed by atoms with Crippen LogP contribution in [0.3, 0.4) is 0 Å². The van der Waals surface area contributed by atoms with E-state index in [0.29, 0.717) is 5.02 Å². The zero-order valence-electron chi connectivity index (χ0n) is 11.2. The molecule has 4 heteroatoms. The highest BCUT2D eigenvalue weighted by Crippen LogP contribution is 2.32. The summed E-state index contributed by atoms with van der Waals surface area (Å²) >= 11 is 5.73. The minimum atomic E-state index is -1.00. The molecule has 0 aliphatic carbocycles. The Morgan fingerprint density at radius 3 is 2.60 bits per heavy atom. The maximum Gasteiger partial charge on any atom is 0.130 e. The van der Waals surface area contributed by atoms with Gasteiger partial charge < -0.3 is 10.8 Å². The summed E-state index contributed by atoms with van der Waals surface area (Å²) in [6.07, 6.45) is -1.00. The van der Waals surface area contributed by atoms with Gasteiger partial charge in [0.15, 0.2) is 0 Å². The normalized spacial score (nSPS) is 14.1. The summed E-state index contributed by atoms with van der Waals surface area (Å²) in [5.74, 6) is -0.873. The van der Waals surface area contributed by atoms with Crippen LogP contribution in [0.1, 0.15) is 28.7 Å². The van der Waals surface area contributed by atoms with Gasteiger partial charge in [0.05, 0.1) is 6.10 Å². The molecule has 0 spiro atoms. The van der Waals surface area contributed by atoms with E-state index in [-0.39, 0.29) is 18.0 Å². The summed E-state index contributed by atoms with van der Waals surface area (Å²) in [7, 11) is 0. The van der Waals surface area contributed by atoms with E-state index in [9.17, 15) is 9.50 Å². The lowest BCUT2D eigenvalue weighted by molar-refractivity contribution is 0.143. The Hall–Kier alpha value is -1.42. The SMILES string of the molecule is Cc1cccc(C(CN)C(O)c2ccc(Cl)cc2F)c1. The van der Waals surface area contributed by atoms with Crippen molar-refractivity contribution in [2.45, 2.75) is 18.9 Å². The molecule has 2 rings (SSSR count). The Balaban J connectivity index is 2.36. The fraction of sp³-hybridized carbons (Fsp3) is 0.250. The summed E-state index contributed by atoms with van der Waals surface area (Å²) in [6, 6.07) is 12.0. The molecule has 2 atom stereocenters. The van der Waals surface area contributed by atoms with Crippen LogP contribution >= 0.6 is 11.6 Å². The third-order valence-corrected chi connectivity index (χ3v) is 3.62. The van der Waals surface area contributed by atoms with Gasteiger partial charge in [0.2, 0.25) is 0 Å². The molecule has 0 amide bonds. The minimum absolute atomic E-state index is 0.214. The second-order valence-corrected chi connectivity index (χ2v) is 5.30. The standard InChI is InChI=1S/C16H17ClFNO/c1-10-3-2-4-11(7-10)14(9-19)16(20)13-6-5-12(17)8-15(13)18/h2-8,14,16,20H,9,19H2,1H3. The van der Waals surface area contributed by atoms with Crippen molar-refractivity contribution < 1.29 is 9.50 Å². The minimum Gasteiger partial charge on any atom is -0.388 e. The highest BCUT2D eigenvalue weighted by molar-refractivity contribution is 6.30. The summed E-state index contributed by atoms with van der Waals surface area (Å²) in [6.45, 7) is 2.19. The van der Waals surface area contributed by atoms with Crippen molar-refractivity contribution in [2.75, 3.05) is 6.54 Å². The molecule has 3 N–H and O–H groups in total. The van der Waals surface area contributed by atoms with Gasteiger partial charge in [-0.3, -0.25) is 0 Å². The molecular formula is C16H17ClFNO. The molecule has 0 saturated heterocycles. The largest absolute Gasteiger partial charge is 0.388 e. The van der Waals surface area contributed by atoms with Gasteiger partial charge in [-0.15, -0.1) is 0 Å². The molecular weight excluding hydrogens is 277 g/mol. The van der Waals surface area contributed by atoms with Gasteiger partial charge in [-0.1, -0.05) is 47.5 Å². The molecule has 106 valence electrons. The monoisotopic (exact) mass is 293 g/mol. The van der Waals surface area contributed by atoms with Crippen molar-refractivity contribution in [3.05, 3.63) is 70.0 Å². The number of halogens is 2. The molecule has 0 aliphatic rings. The maximum absolute atomic E-state index is 13.9. The predicted molar refractivity (Wildman–Crippen MR) is 79.3 cm³/mol. The second-order valence-electron chi connectivity index (χ2n) is 4.87. The zero-order chi connectivity index (χ0) is 14.7. The lowest BCUT2D eigenvalue weighted by Gasteiger charge is -2.23. The second kappa shape index (κ2) is 6.35. The summed E-state index contributed by atoms with van der Waals surface area (Å²) in [5, 5.41) is 10.7. The van der Waals surface area contributed by atoms with Crippen LogP contribution in [0.5, 0.6) is 0 Å². The molecule has 0 saturated carbocycles. The third kappa shape index (κ3) is 3.18. The topological polar surface area (TPSA) is 46.2 Å². The van der Waals surface area contributed by atoms with Crippen molar-refractivity contribution >= 4 is 11.6 Å². The van der Waals surface area contributed by atoms with Crippen LogP contribution in [0.4, 0.5) is 4.39 Å². The highest BCUT2D eigenvalue weighted by Gasteiger charge is 2.24. The van der Waals surface area contributed by atoms with Gasteiger partial charge in [-0.25, -0.2) is 4.39 Å². The molecule has 20 heavy (non-hydrogen) atoms. The Bertz CT molecular complexity index is 603. The Labute approximate surface area is 123 Å². The Morgan fingerprint density at radius 2 is 2.00 bits per heavy atom. The van der Waals surface area contributed by atoms with Gasteiger partial charge in [0, 0.05) is 23.0 Å². The van der Waals surface area contributed by atoms with Crippen molar-refractivity contribution in [1.82, 2.24) is 0 Å². The summed E-state index contributed by atoms with van der Waals surface area (Å²) in [4.78, 5) is 0. The third-order valence-electron chi connectivity index (χ3n) is 3.39. The van der Waals surface area contributed by atoms with E-state index in [1.54, 1.807) is 6.07 Å². The smallest absolute Gasteiger partial charge is 0.130 e. The van der Waals surface area contributed by atoms with E-state index >= 15 is 0 Å². The van der Waals surface area contributed by atoms with E-state index in [2.05, 4.69) is 0 Å². The van der Waals surface area contributed by atoms with Gasteiger partial charge in [0.1, 0.15) is 5.82 Å². The molecule has 2 aromatic carbocycles. The quantitative estimate of drug-likeness (QED) is 0.905. The lowest BCUT2D eigenvalue weighted by atomic mass is 9.88. The Morgan fingerprint density at radius 1 is 1.25 bits per heavy atom. The van der Waals surface area contributed by atoms with Crippen LogP contribution in [0.2, 0.25) is 5.02 Å². The van der Waals surface area contributed by atoms with Crippen LogP contribution < -0.4 is 5.73 Å². The van der Waals surface area contributed by atoms with E-state index in [0.717, 1.165) is 11.1 Å². The molecule has 0 bridgehead atoms. The molecule has 2 unspecified atom stereocenters. The number of hydrogen-bond acceptors (Lipinski definition) is 2. The first-order valence-electron chi connectivity index (χ1n) is 6.42. The first kappa shape index (κ1) is 15.0. The predicted octanol–water partition coefficient (Wildman–Crippen LogP) is 3.56. The molecule has 0 radical (unpaired) electrons. The fourth-order valence-corrected chi connectivity index (χ4v) is 2.46. The molecule has 0 aromatic heterocycles. The fourth-order valence-electron chi connectivity index (χ4n) is 2.31. The Kier molecular flexibility index (Phi) is 4.76. The molecule has 0 fully saturated rings. The van der Waals surface area contributed by atoms with Gasteiger partial charge in [-0.2, -0.15) is 0 Å². The lowest BCUT2D eigenvalue weighted by Crippen LogP contribution is -2.21. The van der Waals surface area contributed by atoms with E-state index in [1.165, 1.54) is 12.1 Å². The number of rotatable bonds is 4. The first-order valence-corrected chi connectivity index (χ1v) is 6.80. The number of aliphatic hydroxyl groups excluding tert-OH is 1. The molecule has 0 heterocycles. The van der Waals surface area contributed by atoms with Gasteiger partial charge >= 0.3 is 0 Å². The average Bonchev–Trinajstić information content (AvgIpc) is 2.39. The molecule has 2 aromatic rings. The van der Waals surface area contributed by atoms with Crippen molar-refractivity contribution in [2.24, 2.45) is 5.73 Å². The zero-order valence-corrected chi connectivity index (χ0v) is 11.9. The van der Waals surface area contributed by atoms with E-state index < -0.39 is 11.9 Å². The number of nitrogens with two attached hydrogens (primary N) is 1. The van der Waals surface area contributed by atoms with E-state index in [1.807, 2.05) is 31.2 Å². The number of aliphatic hydroxyl groups is 1. The van der Waals surface area contributed by atoms with Crippen LogP contribution in [-0.2, 0) is 0 Å². The van der Waals surface area contributed by atoms with Crippen molar-refractivity contribution in [3.8, 4) is 0 Å². The maximum atomic E-state index is 13.9. The number of aryl methyl sites for hydroxylation is 1. The van der Waals surface area contributed by atoms with Crippen molar-refractivity contribution in [3.63, 3.8) is 0 Å². The summed E-state index contributed by atoms with van der Waals surface area (Å²) in [5.41, 5.74) is 7.95. The molecule has 2 nitrogen and oxygen atoms in total. The van der Waals surface area contributed by atoms with Crippen LogP contribution in [0, 0.1) is 12.7 Å². The van der Waals surface area contributed by atoms with Crippen LogP contribution in [-0.4, -0.2) is 11.7 Å². The first-order chi connectivity index (χ1) is 9.52. The van der Waals surface area contributed by atoms with Crippen LogP contribution in [0.15, 0.2) is 42.5 Å². The number of benzene rings is 2. The highest BCUT2D eigenvalue weighted by atomic mass is 35.5. The number of hydrogen-bond donors (Lipinski definition) is 2.